The average molecular weight is 723 g/mol. The third-order valence-corrected chi connectivity index (χ3v) is 7.81. The van der Waals surface area contributed by atoms with Crippen LogP contribution in [-0.2, 0) is 28.9 Å². The summed E-state index contributed by atoms with van der Waals surface area (Å²) in [6.45, 7) is 17.5. The van der Waals surface area contributed by atoms with Crippen molar-refractivity contribution in [2.75, 3.05) is 22.1 Å². The number of benzene rings is 2. The fourth-order valence-electron chi connectivity index (χ4n) is 4.30. The molecule has 13 heteroatoms. The highest BCUT2D eigenvalue weighted by molar-refractivity contribution is 7.91. The van der Waals surface area contributed by atoms with Crippen molar-refractivity contribution >= 4 is 45.2 Å². The largest absolute Gasteiger partial charge is 0.444 e. The number of amides is 4. The summed E-state index contributed by atoms with van der Waals surface area (Å²) in [4.78, 5) is 50.9. The van der Waals surface area contributed by atoms with Gasteiger partial charge in [-0.05, 0) is 77.6 Å². The Morgan fingerprint density at radius 2 is 0.961 bits per heavy atom. The Bertz CT molecular complexity index is 1670. The molecule has 0 bridgehead atoms. The molecule has 0 radical (unpaired) electrons. The number of hydrogen-bond donors (Lipinski definition) is 4. The molecule has 2 aromatic rings. The van der Waals surface area contributed by atoms with Crippen LogP contribution in [-0.4, -0.2) is 67.2 Å². The lowest BCUT2D eigenvalue weighted by Crippen LogP contribution is -2.48. The minimum Gasteiger partial charge on any atom is -0.444 e. The SMILES string of the molecule is CC(C)[C@H](NC(=O)OC(C)(C)C)C(=O)Nc1ccccc1C#CCS(=O)(=O)CC#Cc1ccccc1NC(=O)[C@@H](NC(=O)OC(C)(C)C)C(C)C. The summed E-state index contributed by atoms with van der Waals surface area (Å²) < 4.78 is 36.2. The Kier molecular flexibility index (Phi) is 15.1. The number of carbonyl (C=O) groups is 4. The van der Waals surface area contributed by atoms with E-state index in [1.165, 1.54) is 0 Å². The molecule has 0 aromatic heterocycles. The second kappa shape index (κ2) is 18.3. The summed E-state index contributed by atoms with van der Waals surface area (Å²) >= 11 is 0. The molecule has 0 aliphatic rings. The van der Waals surface area contributed by atoms with E-state index in [0.29, 0.717) is 22.5 Å². The third kappa shape index (κ3) is 15.6. The average Bonchev–Trinajstić information content (AvgIpc) is 2.98. The number of carbonyl (C=O) groups excluding carboxylic acids is 4. The maximum Gasteiger partial charge on any atom is 0.408 e. The molecule has 12 nitrogen and oxygen atoms in total. The van der Waals surface area contributed by atoms with E-state index in [1.54, 1.807) is 118 Å². The highest BCUT2D eigenvalue weighted by atomic mass is 32.2. The van der Waals surface area contributed by atoms with Crippen LogP contribution in [0.2, 0.25) is 0 Å². The molecule has 0 aliphatic carbocycles. The van der Waals surface area contributed by atoms with E-state index in [1.807, 2.05) is 0 Å². The molecule has 2 aromatic carbocycles. The van der Waals surface area contributed by atoms with Gasteiger partial charge < -0.3 is 30.7 Å². The zero-order valence-corrected chi connectivity index (χ0v) is 31.8. The first-order valence-electron chi connectivity index (χ1n) is 16.5. The molecule has 51 heavy (non-hydrogen) atoms. The van der Waals surface area contributed by atoms with Crippen molar-refractivity contribution in [2.24, 2.45) is 11.8 Å². The fourth-order valence-corrected chi connectivity index (χ4v) is 4.98. The monoisotopic (exact) mass is 722 g/mol. The van der Waals surface area contributed by atoms with Crippen LogP contribution in [0.4, 0.5) is 21.0 Å². The molecule has 276 valence electrons. The van der Waals surface area contributed by atoms with Crippen LogP contribution < -0.4 is 21.3 Å². The van der Waals surface area contributed by atoms with Gasteiger partial charge in [0.25, 0.3) is 0 Å². The summed E-state index contributed by atoms with van der Waals surface area (Å²) in [5.41, 5.74) is -0.0000362. The van der Waals surface area contributed by atoms with E-state index in [2.05, 4.69) is 44.9 Å². The van der Waals surface area contributed by atoms with E-state index >= 15 is 0 Å². The van der Waals surface area contributed by atoms with Crippen molar-refractivity contribution in [2.45, 2.75) is 92.5 Å². The third-order valence-electron chi connectivity index (χ3n) is 6.64. The molecule has 0 heterocycles. The van der Waals surface area contributed by atoms with Crippen molar-refractivity contribution in [1.29, 1.82) is 0 Å². The van der Waals surface area contributed by atoms with Crippen LogP contribution in [0.25, 0.3) is 0 Å². The van der Waals surface area contributed by atoms with Crippen molar-refractivity contribution in [3.05, 3.63) is 59.7 Å². The number of rotatable bonds is 10. The first-order chi connectivity index (χ1) is 23.6. The maximum atomic E-state index is 13.1. The summed E-state index contributed by atoms with van der Waals surface area (Å²) in [7, 11) is -3.74. The van der Waals surface area contributed by atoms with Crippen LogP contribution in [0.5, 0.6) is 0 Å². The number of para-hydroxylation sites is 2. The van der Waals surface area contributed by atoms with Gasteiger partial charge in [0.2, 0.25) is 11.8 Å². The van der Waals surface area contributed by atoms with E-state index < -0.39 is 68.6 Å². The summed E-state index contributed by atoms with van der Waals surface area (Å²) in [6, 6.07) is 11.5. The fraction of sp³-hybridized carbons (Fsp3) is 0.474. The van der Waals surface area contributed by atoms with Crippen LogP contribution >= 0.6 is 0 Å². The Morgan fingerprint density at radius 3 is 1.27 bits per heavy atom. The standard InChI is InChI=1S/C38H50N4O8S/c1-25(2)31(41-35(45)49-37(5,6)7)33(43)39-29-21-13-11-17-27(29)19-15-23-51(47,48)24-16-20-28-18-12-14-22-30(28)40-34(44)32(26(3)4)42-36(46)50-38(8,9)10/h11-14,17-18,21-22,25-26,31-32H,23-24H2,1-10H3,(H,39,43)(H,40,44)(H,41,45)(H,42,46)/t31-,32-/m0/s1. The second-order valence-corrected chi connectivity index (χ2v) is 16.5. The quantitative estimate of drug-likeness (QED) is 0.234. The molecule has 0 unspecified atom stereocenters. The topological polar surface area (TPSA) is 169 Å². The summed E-state index contributed by atoms with van der Waals surface area (Å²) in [6.07, 6.45) is -1.45. The van der Waals surface area contributed by atoms with Crippen LogP contribution in [0.3, 0.4) is 0 Å². The number of ether oxygens (including phenoxy) is 2. The molecule has 0 fully saturated rings. The molecule has 4 amide bonds. The second-order valence-electron chi connectivity index (χ2n) is 14.4. The Balaban J connectivity index is 2.13. The molecule has 0 aliphatic heterocycles. The zero-order chi connectivity index (χ0) is 38.6. The van der Waals surface area contributed by atoms with Gasteiger partial charge in [-0.1, -0.05) is 75.6 Å². The number of sulfone groups is 1. The van der Waals surface area contributed by atoms with E-state index in [0.717, 1.165) is 0 Å². The molecular weight excluding hydrogens is 673 g/mol. The molecular formula is C38H50N4O8S. The van der Waals surface area contributed by atoms with E-state index in [9.17, 15) is 27.6 Å². The van der Waals surface area contributed by atoms with Gasteiger partial charge >= 0.3 is 12.2 Å². The summed E-state index contributed by atoms with van der Waals surface area (Å²) in [5, 5.41) is 10.7. The molecule has 2 atom stereocenters. The van der Waals surface area contributed by atoms with Crippen LogP contribution in [0, 0.1) is 35.5 Å². The number of nitrogens with one attached hydrogen (secondary N) is 4. The highest BCUT2D eigenvalue weighted by Gasteiger charge is 2.28. The minimum absolute atomic E-state index is 0.261. The van der Waals surface area contributed by atoms with Gasteiger partial charge in [-0.25, -0.2) is 18.0 Å². The van der Waals surface area contributed by atoms with Gasteiger partial charge in [0.15, 0.2) is 9.84 Å². The van der Waals surface area contributed by atoms with Crippen molar-refractivity contribution < 1.29 is 37.1 Å². The van der Waals surface area contributed by atoms with Crippen LogP contribution in [0.15, 0.2) is 48.5 Å². The number of alkyl carbamates (subject to hydrolysis) is 2. The lowest BCUT2D eigenvalue weighted by Gasteiger charge is -2.25. The van der Waals surface area contributed by atoms with Gasteiger partial charge in [0.05, 0.1) is 11.4 Å². The first kappa shape index (κ1) is 42.2. The van der Waals surface area contributed by atoms with Crippen molar-refractivity contribution in [3.8, 4) is 23.7 Å². The van der Waals surface area contributed by atoms with Gasteiger partial charge in [-0.3, -0.25) is 9.59 Å². The van der Waals surface area contributed by atoms with Gasteiger partial charge in [-0.15, -0.1) is 0 Å². The molecule has 0 spiro atoms. The normalized spacial score (nSPS) is 12.6. The molecule has 4 N–H and O–H groups in total. The van der Waals surface area contributed by atoms with Gasteiger partial charge in [0.1, 0.15) is 34.8 Å². The minimum atomic E-state index is -3.74. The van der Waals surface area contributed by atoms with Crippen LogP contribution in [0.1, 0.15) is 80.4 Å². The van der Waals surface area contributed by atoms with Gasteiger partial charge in [-0.2, -0.15) is 0 Å². The van der Waals surface area contributed by atoms with Crippen molar-refractivity contribution in [3.63, 3.8) is 0 Å². The predicted molar refractivity (Wildman–Crippen MR) is 199 cm³/mol. The molecule has 2 rings (SSSR count). The number of hydrogen-bond acceptors (Lipinski definition) is 8. The molecule has 0 saturated heterocycles. The van der Waals surface area contributed by atoms with E-state index in [4.69, 9.17) is 9.47 Å². The Morgan fingerprint density at radius 1 is 0.627 bits per heavy atom. The van der Waals surface area contributed by atoms with Gasteiger partial charge in [0, 0.05) is 11.1 Å². The predicted octanol–water partition coefficient (Wildman–Crippen LogP) is 5.48. The maximum absolute atomic E-state index is 13.1. The Hall–Kier alpha value is -5.01. The molecule has 0 saturated carbocycles. The smallest absolute Gasteiger partial charge is 0.408 e. The Labute approximate surface area is 302 Å². The lowest BCUT2D eigenvalue weighted by molar-refractivity contribution is -0.119. The van der Waals surface area contributed by atoms with E-state index in [-0.39, 0.29) is 11.8 Å². The van der Waals surface area contributed by atoms with Crippen molar-refractivity contribution in [1.82, 2.24) is 10.6 Å². The number of anilines is 2. The zero-order valence-electron chi connectivity index (χ0n) is 31.0. The lowest BCUT2D eigenvalue weighted by atomic mass is 10.0. The summed E-state index contributed by atoms with van der Waals surface area (Å²) in [5.74, 6) is 8.45. The first-order valence-corrected chi connectivity index (χ1v) is 18.4. The highest BCUT2D eigenvalue weighted by Crippen LogP contribution is 2.18.